The average molecular weight is 451 g/mol. The molecule has 0 atom stereocenters. The summed E-state index contributed by atoms with van der Waals surface area (Å²) >= 11 is 1.30. The number of aromatic nitrogens is 6. The van der Waals surface area contributed by atoms with Crippen LogP contribution in [-0.4, -0.2) is 41.9 Å². The van der Waals surface area contributed by atoms with Gasteiger partial charge in [0.2, 0.25) is 0 Å². The van der Waals surface area contributed by atoms with Gasteiger partial charge in [-0.1, -0.05) is 0 Å². The molecule has 11 heteroatoms. The molecule has 162 valence electrons. The van der Waals surface area contributed by atoms with Gasteiger partial charge in [0.05, 0.1) is 24.3 Å². The number of carbonyl (C=O) groups excluding carboxylic acids is 1. The number of halogens is 1. The number of imidazole rings is 1. The van der Waals surface area contributed by atoms with E-state index in [4.69, 9.17) is 10.5 Å². The Morgan fingerprint density at radius 2 is 2.03 bits per heavy atom. The number of thiophene rings is 1. The van der Waals surface area contributed by atoms with Gasteiger partial charge < -0.3 is 15.0 Å². The number of anilines is 1. The second-order valence-electron chi connectivity index (χ2n) is 7.16. The molecule has 4 heterocycles. The molecule has 0 saturated heterocycles. The monoisotopic (exact) mass is 451 g/mol. The zero-order valence-electron chi connectivity index (χ0n) is 17.0. The molecule has 0 unspecified atom stereocenters. The molecule has 5 aromatic rings. The summed E-state index contributed by atoms with van der Waals surface area (Å²) in [6, 6.07) is 7.85. The summed E-state index contributed by atoms with van der Waals surface area (Å²) in [4.78, 5) is 26.2. The molecule has 0 fully saturated rings. The van der Waals surface area contributed by atoms with Gasteiger partial charge in [0, 0.05) is 11.9 Å². The highest BCUT2D eigenvalue weighted by Gasteiger charge is 2.18. The Labute approximate surface area is 185 Å². The van der Waals surface area contributed by atoms with Crippen molar-refractivity contribution < 1.29 is 13.9 Å². The standard InChI is InChI=1S/C21H18FN7O2S/c1-12-15-9-16(32-20(15)29(27-12)14-5-3-13(22)4-6-14)21(30)31-8-2-7-28-11-26-17-18(23)24-10-25-19(17)28/h3-6,9-11H,2,7-8H2,1H3,(H2,23,24,25). The zero-order chi connectivity index (χ0) is 22.2. The molecule has 0 radical (unpaired) electrons. The van der Waals surface area contributed by atoms with E-state index in [-0.39, 0.29) is 12.4 Å². The molecular formula is C21H18FN7O2S. The summed E-state index contributed by atoms with van der Waals surface area (Å²) in [6.07, 6.45) is 3.63. The Hall–Kier alpha value is -3.86. The number of rotatable bonds is 6. The van der Waals surface area contributed by atoms with Gasteiger partial charge in [0.1, 0.15) is 27.4 Å². The van der Waals surface area contributed by atoms with E-state index in [0.29, 0.717) is 34.8 Å². The number of benzene rings is 1. The fourth-order valence-corrected chi connectivity index (χ4v) is 4.52. The Balaban J connectivity index is 1.26. The Bertz CT molecular complexity index is 1440. The minimum atomic E-state index is -0.390. The van der Waals surface area contributed by atoms with Crippen LogP contribution in [0.25, 0.3) is 27.1 Å². The lowest BCUT2D eigenvalue weighted by Crippen LogP contribution is -2.08. The number of hydrogen-bond donors (Lipinski definition) is 1. The summed E-state index contributed by atoms with van der Waals surface area (Å²) in [5.41, 5.74) is 8.51. The van der Waals surface area contributed by atoms with E-state index in [1.165, 1.54) is 29.8 Å². The van der Waals surface area contributed by atoms with Gasteiger partial charge in [-0.2, -0.15) is 5.10 Å². The number of hydrogen-bond acceptors (Lipinski definition) is 8. The molecule has 1 aromatic carbocycles. The third-order valence-electron chi connectivity index (χ3n) is 5.02. The number of aryl methyl sites for hydroxylation is 2. The van der Waals surface area contributed by atoms with Crippen LogP contribution >= 0.6 is 11.3 Å². The van der Waals surface area contributed by atoms with Crippen LogP contribution in [0.2, 0.25) is 0 Å². The predicted molar refractivity (Wildman–Crippen MR) is 118 cm³/mol. The van der Waals surface area contributed by atoms with Crippen molar-refractivity contribution >= 4 is 44.5 Å². The molecule has 0 saturated carbocycles. The van der Waals surface area contributed by atoms with Crippen LogP contribution in [0.5, 0.6) is 0 Å². The fraction of sp³-hybridized carbons (Fsp3) is 0.190. The van der Waals surface area contributed by atoms with E-state index >= 15 is 0 Å². The second kappa shape index (κ2) is 8.00. The van der Waals surface area contributed by atoms with Crippen LogP contribution < -0.4 is 5.73 Å². The Morgan fingerprint density at radius 1 is 1.22 bits per heavy atom. The van der Waals surface area contributed by atoms with E-state index in [1.807, 2.05) is 11.5 Å². The highest BCUT2D eigenvalue weighted by Crippen LogP contribution is 2.31. The molecule has 0 aliphatic rings. The van der Waals surface area contributed by atoms with E-state index in [1.54, 1.807) is 29.2 Å². The maximum absolute atomic E-state index is 13.3. The van der Waals surface area contributed by atoms with Crippen molar-refractivity contribution in [3.8, 4) is 5.69 Å². The molecule has 2 N–H and O–H groups in total. The SMILES string of the molecule is Cc1nn(-c2ccc(F)cc2)c2sc(C(=O)OCCCn3cnc4c(N)ncnc43)cc12. The molecule has 9 nitrogen and oxygen atoms in total. The van der Waals surface area contributed by atoms with E-state index in [0.717, 1.165) is 21.6 Å². The number of esters is 1. The molecule has 4 aromatic heterocycles. The average Bonchev–Trinajstić information content (AvgIpc) is 3.48. The molecule has 32 heavy (non-hydrogen) atoms. The first-order chi connectivity index (χ1) is 15.5. The minimum absolute atomic E-state index is 0.246. The van der Waals surface area contributed by atoms with Gasteiger partial charge in [-0.25, -0.2) is 28.8 Å². The van der Waals surface area contributed by atoms with Crippen molar-refractivity contribution in [1.29, 1.82) is 0 Å². The van der Waals surface area contributed by atoms with Crippen molar-refractivity contribution in [2.45, 2.75) is 19.9 Å². The van der Waals surface area contributed by atoms with Gasteiger partial charge in [-0.3, -0.25) is 0 Å². The molecular weight excluding hydrogens is 433 g/mol. The summed E-state index contributed by atoms with van der Waals surface area (Å²) in [5, 5.41) is 5.38. The van der Waals surface area contributed by atoms with Gasteiger partial charge in [0.15, 0.2) is 11.5 Å². The van der Waals surface area contributed by atoms with Crippen molar-refractivity contribution in [3.63, 3.8) is 0 Å². The lowest BCUT2D eigenvalue weighted by atomic mass is 10.3. The van der Waals surface area contributed by atoms with Gasteiger partial charge >= 0.3 is 5.97 Å². The van der Waals surface area contributed by atoms with Gasteiger partial charge in [-0.15, -0.1) is 11.3 Å². The largest absolute Gasteiger partial charge is 0.461 e. The van der Waals surface area contributed by atoms with Crippen molar-refractivity contribution in [2.75, 3.05) is 12.3 Å². The molecule has 0 bridgehead atoms. The number of nitrogens with two attached hydrogens (primary N) is 1. The highest BCUT2D eigenvalue weighted by molar-refractivity contribution is 7.20. The first kappa shape index (κ1) is 20.1. The van der Waals surface area contributed by atoms with Crippen molar-refractivity contribution in [1.82, 2.24) is 29.3 Å². The number of carbonyl (C=O) groups is 1. The molecule has 5 rings (SSSR count). The zero-order valence-corrected chi connectivity index (χ0v) is 17.8. The molecule has 0 aliphatic heterocycles. The van der Waals surface area contributed by atoms with E-state index in [2.05, 4.69) is 20.1 Å². The van der Waals surface area contributed by atoms with Crippen LogP contribution in [0.1, 0.15) is 21.8 Å². The summed E-state index contributed by atoms with van der Waals surface area (Å²) in [6.45, 7) is 2.69. The fourth-order valence-electron chi connectivity index (χ4n) is 3.44. The van der Waals surface area contributed by atoms with Crippen LogP contribution in [0, 0.1) is 12.7 Å². The second-order valence-corrected chi connectivity index (χ2v) is 8.19. The first-order valence-corrected chi connectivity index (χ1v) is 10.7. The number of nitrogens with zero attached hydrogens (tertiary/aromatic N) is 6. The van der Waals surface area contributed by atoms with Gasteiger partial charge in [0.25, 0.3) is 0 Å². The summed E-state index contributed by atoms with van der Waals surface area (Å²) < 4.78 is 22.3. The summed E-state index contributed by atoms with van der Waals surface area (Å²) in [7, 11) is 0. The lowest BCUT2D eigenvalue weighted by Gasteiger charge is -2.05. The Kier molecular flexibility index (Phi) is 5.02. The van der Waals surface area contributed by atoms with E-state index < -0.39 is 5.97 Å². The Morgan fingerprint density at radius 3 is 2.84 bits per heavy atom. The van der Waals surface area contributed by atoms with Crippen molar-refractivity contribution in [2.24, 2.45) is 0 Å². The smallest absolute Gasteiger partial charge is 0.348 e. The molecule has 0 spiro atoms. The number of ether oxygens (including phenoxy) is 1. The number of nitrogen functional groups attached to an aromatic ring is 1. The minimum Gasteiger partial charge on any atom is -0.461 e. The normalized spacial score (nSPS) is 11.4. The van der Waals surface area contributed by atoms with Gasteiger partial charge in [-0.05, 0) is 43.7 Å². The predicted octanol–water partition coefficient (Wildman–Crippen LogP) is 3.50. The third-order valence-corrected chi connectivity index (χ3v) is 6.11. The topological polar surface area (TPSA) is 114 Å². The molecule has 0 amide bonds. The maximum Gasteiger partial charge on any atom is 0.348 e. The highest BCUT2D eigenvalue weighted by atomic mass is 32.1. The van der Waals surface area contributed by atoms with Crippen LogP contribution in [-0.2, 0) is 11.3 Å². The summed E-state index contributed by atoms with van der Waals surface area (Å²) in [5.74, 6) is -0.373. The van der Waals surface area contributed by atoms with Crippen molar-refractivity contribution in [3.05, 3.63) is 59.4 Å². The maximum atomic E-state index is 13.3. The first-order valence-electron chi connectivity index (χ1n) is 9.85. The number of fused-ring (bicyclic) bond motifs is 2. The molecule has 0 aliphatic carbocycles. The third kappa shape index (κ3) is 3.56. The van der Waals surface area contributed by atoms with E-state index in [9.17, 15) is 9.18 Å². The van der Waals surface area contributed by atoms with Crippen LogP contribution in [0.4, 0.5) is 10.2 Å². The quantitative estimate of drug-likeness (QED) is 0.310. The van der Waals surface area contributed by atoms with Crippen LogP contribution in [0.15, 0.2) is 43.0 Å². The lowest BCUT2D eigenvalue weighted by molar-refractivity contribution is 0.0502. The van der Waals surface area contributed by atoms with Crippen LogP contribution in [0.3, 0.4) is 0 Å².